The molecule has 1 aliphatic heterocycles. The second-order valence-corrected chi connectivity index (χ2v) is 7.37. The van der Waals surface area contributed by atoms with Gasteiger partial charge in [-0.05, 0) is 42.8 Å². The Hall–Kier alpha value is -2.52. The van der Waals surface area contributed by atoms with Crippen LogP contribution >= 0.6 is 0 Å². The summed E-state index contributed by atoms with van der Waals surface area (Å²) < 4.78 is 52.7. The largest absolute Gasteiger partial charge is 0.417 e. The fourth-order valence-electron chi connectivity index (χ4n) is 3.02. The van der Waals surface area contributed by atoms with Crippen LogP contribution in [-0.2, 0) is 17.2 Å². The van der Waals surface area contributed by atoms with E-state index in [1.54, 1.807) is 24.5 Å². The lowest BCUT2D eigenvalue weighted by Crippen LogP contribution is -2.20. The molecular weight excluding hydrogens is 377 g/mol. The predicted molar refractivity (Wildman–Crippen MR) is 96.2 cm³/mol. The Labute approximate surface area is 155 Å². The minimum absolute atomic E-state index is 0.0505. The van der Waals surface area contributed by atoms with Crippen molar-refractivity contribution in [1.29, 1.82) is 0 Å². The molecule has 4 heterocycles. The number of hydrogen-bond acceptors (Lipinski definition) is 4. The van der Waals surface area contributed by atoms with Crippen LogP contribution in [0.25, 0.3) is 16.6 Å². The van der Waals surface area contributed by atoms with Crippen molar-refractivity contribution < 1.29 is 17.4 Å². The van der Waals surface area contributed by atoms with Gasteiger partial charge in [-0.25, -0.2) is 9.19 Å². The van der Waals surface area contributed by atoms with E-state index in [1.165, 1.54) is 3.97 Å². The van der Waals surface area contributed by atoms with Gasteiger partial charge >= 0.3 is 6.18 Å². The van der Waals surface area contributed by atoms with E-state index in [4.69, 9.17) is 0 Å². The highest BCUT2D eigenvalue weighted by Gasteiger charge is 2.31. The Morgan fingerprint density at radius 3 is 2.70 bits per heavy atom. The molecule has 140 valence electrons. The van der Waals surface area contributed by atoms with Crippen LogP contribution in [0.1, 0.15) is 17.5 Å². The number of nitrogens with one attached hydrogen (secondary N) is 1. The quantitative estimate of drug-likeness (QED) is 0.742. The maximum absolute atomic E-state index is 13.0. The van der Waals surface area contributed by atoms with E-state index in [0.717, 1.165) is 42.8 Å². The van der Waals surface area contributed by atoms with Crippen LogP contribution < -0.4 is 5.32 Å². The number of pyridine rings is 2. The number of aromatic nitrogens is 3. The SMILES string of the molecule is O=S(c1ccc(C(F)(F)F)cn1)n1cc(C2=CCNCC2)c2ncccc21. The number of nitrogens with zero attached hydrogens (tertiary/aromatic N) is 3. The molecule has 3 aromatic heterocycles. The van der Waals surface area contributed by atoms with E-state index in [0.29, 0.717) is 17.2 Å². The van der Waals surface area contributed by atoms with Crippen molar-refractivity contribution in [2.75, 3.05) is 13.1 Å². The topological polar surface area (TPSA) is 59.8 Å². The molecule has 1 atom stereocenters. The molecule has 9 heteroatoms. The lowest BCUT2D eigenvalue weighted by atomic mass is 10.0. The highest BCUT2D eigenvalue weighted by atomic mass is 32.2. The molecule has 0 radical (unpaired) electrons. The number of halogens is 3. The van der Waals surface area contributed by atoms with Gasteiger partial charge in [-0.1, -0.05) is 6.08 Å². The summed E-state index contributed by atoms with van der Waals surface area (Å²) in [7, 11) is -1.78. The van der Waals surface area contributed by atoms with Crippen LogP contribution in [0.15, 0.2) is 54.0 Å². The molecule has 0 saturated heterocycles. The first-order valence-electron chi connectivity index (χ1n) is 8.27. The average molecular weight is 392 g/mol. The van der Waals surface area contributed by atoms with E-state index in [1.807, 2.05) is 0 Å². The van der Waals surface area contributed by atoms with Crippen LogP contribution in [-0.4, -0.2) is 31.2 Å². The zero-order chi connectivity index (χ0) is 19.0. The smallest absolute Gasteiger partial charge is 0.313 e. The van der Waals surface area contributed by atoms with Crippen molar-refractivity contribution in [2.45, 2.75) is 17.6 Å². The first-order valence-corrected chi connectivity index (χ1v) is 9.37. The number of alkyl halides is 3. The fraction of sp³-hybridized carbons (Fsp3) is 0.222. The molecule has 0 aromatic carbocycles. The molecule has 1 aliphatic rings. The van der Waals surface area contributed by atoms with E-state index in [-0.39, 0.29) is 5.03 Å². The zero-order valence-corrected chi connectivity index (χ0v) is 14.8. The van der Waals surface area contributed by atoms with Gasteiger partial charge in [-0.3, -0.25) is 8.96 Å². The standard InChI is InChI=1S/C18H15F3N4OS/c19-18(20,21)13-3-4-16(24-10-13)27(26)25-11-14(12-5-8-22-9-6-12)17-15(25)2-1-7-23-17/h1-5,7,10-11,22H,6,8-9H2. The molecule has 0 aliphatic carbocycles. The van der Waals surface area contributed by atoms with E-state index < -0.39 is 22.7 Å². The summed E-state index contributed by atoms with van der Waals surface area (Å²) in [6.07, 6.45) is 2.51. The third-order valence-electron chi connectivity index (χ3n) is 4.36. The molecule has 27 heavy (non-hydrogen) atoms. The lowest BCUT2D eigenvalue weighted by Gasteiger charge is -2.12. The van der Waals surface area contributed by atoms with Crippen LogP contribution in [0.4, 0.5) is 13.2 Å². The second-order valence-electron chi connectivity index (χ2n) is 6.06. The summed E-state index contributed by atoms with van der Waals surface area (Å²) in [4.78, 5) is 8.18. The van der Waals surface area contributed by atoms with Crippen molar-refractivity contribution >= 4 is 27.6 Å². The van der Waals surface area contributed by atoms with Gasteiger partial charge in [0.25, 0.3) is 0 Å². The van der Waals surface area contributed by atoms with E-state index in [9.17, 15) is 17.4 Å². The average Bonchev–Trinajstić information content (AvgIpc) is 3.07. The Kier molecular flexibility index (Phi) is 4.56. The third kappa shape index (κ3) is 3.40. The molecule has 0 spiro atoms. The molecule has 0 saturated carbocycles. The van der Waals surface area contributed by atoms with Gasteiger partial charge in [0.05, 0.1) is 16.6 Å². The minimum Gasteiger partial charge on any atom is -0.313 e. The van der Waals surface area contributed by atoms with Gasteiger partial charge < -0.3 is 5.32 Å². The van der Waals surface area contributed by atoms with Crippen LogP contribution in [0.2, 0.25) is 0 Å². The van der Waals surface area contributed by atoms with Crippen LogP contribution in [0.3, 0.4) is 0 Å². The Morgan fingerprint density at radius 2 is 2.04 bits per heavy atom. The molecule has 0 amide bonds. The summed E-state index contributed by atoms with van der Waals surface area (Å²) in [5.41, 5.74) is 2.47. The van der Waals surface area contributed by atoms with E-state index in [2.05, 4.69) is 21.4 Å². The minimum atomic E-state index is -4.48. The van der Waals surface area contributed by atoms with Crippen LogP contribution in [0, 0.1) is 0 Å². The highest BCUT2D eigenvalue weighted by molar-refractivity contribution is 7.83. The van der Waals surface area contributed by atoms with Gasteiger partial charge in [-0.15, -0.1) is 0 Å². The normalized spacial score (nSPS) is 16.3. The predicted octanol–water partition coefficient (Wildman–Crippen LogP) is 3.40. The van der Waals surface area contributed by atoms with Gasteiger partial charge in [-0.2, -0.15) is 13.2 Å². The summed E-state index contributed by atoms with van der Waals surface area (Å²) >= 11 is 0. The lowest BCUT2D eigenvalue weighted by molar-refractivity contribution is -0.137. The monoisotopic (exact) mass is 392 g/mol. The summed E-state index contributed by atoms with van der Waals surface area (Å²) in [5, 5.41) is 3.29. The van der Waals surface area contributed by atoms with Gasteiger partial charge in [0.15, 0.2) is 11.0 Å². The molecule has 0 bridgehead atoms. The van der Waals surface area contributed by atoms with Crippen molar-refractivity contribution in [2.24, 2.45) is 0 Å². The fourth-order valence-corrected chi connectivity index (χ4v) is 4.08. The Bertz CT molecular complexity index is 1040. The van der Waals surface area contributed by atoms with Crippen molar-refractivity contribution in [1.82, 2.24) is 19.3 Å². The van der Waals surface area contributed by atoms with Crippen molar-refractivity contribution in [3.05, 3.63) is 60.1 Å². The Morgan fingerprint density at radius 1 is 1.19 bits per heavy atom. The van der Waals surface area contributed by atoms with Gasteiger partial charge in [0.1, 0.15) is 5.03 Å². The molecule has 0 fully saturated rings. The maximum atomic E-state index is 13.0. The molecule has 4 rings (SSSR count). The van der Waals surface area contributed by atoms with Crippen molar-refractivity contribution in [3.63, 3.8) is 0 Å². The number of rotatable bonds is 3. The molecule has 1 N–H and O–H groups in total. The zero-order valence-electron chi connectivity index (χ0n) is 14.0. The van der Waals surface area contributed by atoms with Gasteiger partial charge in [0, 0.05) is 30.7 Å². The molecule has 5 nitrogen and oxygen atoms in total. The highest BCUT2D eigenvalue weighted by Crippen LogP contribution is 2.31. The first-order chi connectivity index (χ1) is 12.9. The third-order valence-corrected chi connectivity index (χ3v) is 5.62. The van der Waals surface area contributed by atoms with Gasteiger partial charge in [0.2, 0.25) is 0 Å². The summed E-state index contributed by atoms with van der Waals surface area (Å²) in [6, 6.07) is 5.55. The summed E-state index contributed by atoms with van der Waals surface area (Å²) in [5.74, 6) is 0. The number of fused-ring (bicyclic) bond motifs is 1. The first kappa shape index (κ1) is 17.9. The molecular formula is C18H15F3N4OS. The molecule has 3 aromatic rings. The second kappa shape index (κ2) is 6.90. The van der Waals surface area contributed by atoms with Crippen LogP contribution in [0.5, 0.6) is 0 Å². The van der Waals surface area contributed by atoms with Crippen molar-refractivity contribution in [3.8, 4) is 0 Å². The summed E-state index contributed by atoms with van der Waals surface area (Å²) in [6.45, 7) is 1.59. The number of hydrogen-bond donors (Lipinski definition) is 1. The molecule has 1 unspecified atom stereocenters. The maximum Gasteiger partial charge on any atom is 0.417 e. The van der Waals surface area contributed by atoms with E-state index >= 15 is 0 Å². The Balaban J connectivity index is 1.77.